The summed E-state index contributed by atoms with van der Waals surface area (Å²) < 4.78 is 0. The van der Waals surface area contributed by atoms with Gasteiger partial charge < -0.3 is 5.73 Å². The van der Waals surface area contributed by atoms with Gasteiger partial charge in [0.1, 0.15) is 0 Å². The summed E-state index contributed by atoms with van der Waals surface area (Å²) >= 11 is 0. The number of rotatable bonds is 1. The number of nitrogens with two attached hydrogens (primary N) is 1. The van der Waals surface area contributed by atoms with Gasteiger partial charge in [0.2, 0.25) is 0 Å². The van der Waals surface area contributed by atoms with Crippen LogP contribution >= 0.6 is 0 Å². The Bertz CT molecular complexity index is 629. The zero-order valence-electron chi connectivity index (χ0n) is 12.4. The number of fused-ring (bicyclic) bond motifs is 1. The first-order valence-electron chi connectivity index (χ1n) is 7.56. The smallest absolute Gasteiger partial charge is 0.0670 e. The SMILES string of the molecule is Cc1ccc(C)c(C2(N)CCCCc3ccccc32)c1. The molecule has 20 heavy (non-hydrogen) atoms. The van der Waals surface area contributed by atoms with Crippen LogP contribution in [0.25, 0.3) is 0 Å². The summed E-state index contributed by atoms with van der Waals surface area (Å²) in [6, 6.07) is 15.4. The van der Waals surface area contributed by atoms with Crippen molar-refractivity contribution in [3.8, 4) is 0 Å². The van der Waals surface area contributed by atoms with Crippen molar-refractivity contribution in [1.29, 1.82) is 0 Å². The van der Waals surface area contributed by atoms with Gasteiger partial charge in [-0.25, -0.2) is 0 Å². The highest BCUT2D eigenvalue weighted by Gasteiger charge is 2.33. The molecule has 2 aromatic carbocycles. The Morgan fingerprint density at radius 2 is 1.75 bits per heavy atom. The fourth-order valence-corrected chi connectivity index (χ4v) is 3.52. The van der Waals surface area contributed by atoms with Crippen LogP contribution in [-0.2, 0) is 12.0 Å². The van der Waals surface area contributed by atoms with Gasteiger partial charge >= 0.3 is 0 Å². The van der Waals surface area contributed by atoms with E-state index in [0.29, 0.717) is 0 Å². The molecule has 3 rings (SSSR count). The predicted octanol–water partition coefficient (Wildman–Crippen LogP) is 4.23. The Labute approximate surface area is 121 Å². The third-order valence-electron chi connectivity index (χ3n) is 4.64. The van der Waals surface area contributed by atoms with E-state index in [0.717, 1.165) is 12.8 Å². The normalized spacial score (nSPS) is 22.1. The Morgan fingerprint density at radius 3 is 2.60 bits per heavy atom. The lowest BCUT2D eigenvalue weighted by Gasteiger charge is -2.33. The van der Waals surface area contributed by atoms with E-state index >= 15 is 0 Å². The molecule has 1 nitrogen and oxygen atoms in total. The molecule has 2 aromatic rings. The van der Waals surface area contributed by atoms with Crippen molar-refractivity contribution in [2.45, 2.75) is 45.1 Å². The van der Waals surface area contributed by atoms with Crippen molar-refractivity contribution >= 4 is 0 Å². The minimum Gasteiger partial charge on any atom is -0.318 e. The van der Waals surface area contributed by atoms with Gasteiger partial charge in [0.05, 0.1) is 5.54 Å². The Balaban J connectivity index is 2.22. The maximum atomic E-state index is 6.96. The minimum atomic E-state index is -0.330. The average molecular weight is 265 g/mol. The van der Waals surface area contributed by atoms with Crippen LogP contribution in [0.5, 0.6) is 0 Å². The highest BCUT2D eigenvalue weighted by Crippen LogP contribution is 2.39. The fourth-order valence-electron chi connectivity index (χ4n) is 3.52. The van der Waals surface area contributed by atoms with Gasteiger partial charge in [-0.05, 0) is 55.4 Å². The van der Waals surface area contributed by atoms with Gasteiger partial charge in [-0.3, -0.25) is 0 Å². The Hall–Kier alpha value is -1.60. The van der Waals surface area contributed by atoms with Crippen molar-refractivity contribution in [2.75, 3.05) is 0 Å². The maximum absolute atomic E-state index is 6.96. The van der Waals surface area contributed by atoms with Crippen molar-refractivity contribution in [2.24, 2.45) is 5.73 Å². The van der Waals surface area contributed by atoms with E-state index in [1.54, 1.807) is 0 Å². The molecule has 2 N–H and O–H groups in total. The lowest BCUT2D eigenvalue weighted by Crippen LogP contribution is -2.39. The summed E-state index contributed by atoms with van der Waals surface area (Å²) in [4.78, 5) is 0. The van der Waals surface area contributed by atoms with Crippen LogP contribution in [0, 0.1) is 13.8 Å². The average Bonchev–Trinajstić information content (AvgIpc) is 2.62. The van der Waals surface area contributed by atoms with E-state index in [9.17, 15) is 0 Å². The molecule has 0 saturated heterocycles. The van der Waals surface area contributed by atoms with E-state index in [1.807, 2.05) is 0 Å². The number of hydrogen-bond donors (Lipinski definition) is 1. The summed E-state index contributed by atoms with van der Waals surface area (Å²) in [6.07, 6.45) is 4.62. The molecular formula is C19H23N. The number of aryl methyl sites for hydroxylation is 3. The molecule has 104 valence electrons. The number of hydrogen-bond acceptors (Lipinski definition) is 1. The molecule has 0 aromatic heterocycles. The van der Waals surface area contributed by atoms with Crippen molar-refractivity contribution in [3.05, 3.63) is 70.3 Å². The second-order valence-corrected chi connectivity index (χ2v) is 6.15. The molecule has 0 heterocycles. The standard InChI is InChI=1S/C19H23N/c1-14-10-11-15(2)18(13-14)19(20)12-6-5-8-16-7-3-4-9-17(16)19/h3-4,7,9-11,13H,5-6,8,12,20H2,1-2H3. The first-order chi connectivity index (χ1) is 9.61. The van der Waals surface area contributed by atoms with Crippen molar-refractivity contribution < 1.29 is 0 Å². The largest absolute Gasteiger partial charge is 0.318 e. The molecule has 1 aliphatic rings. The molecule has 0 aliphatic heterocycles. The van der Waals surface area contributed by atoms with Crippen LogP contribution in [0.3, 0.4) is 0 Å². The lowest BCUT2D eigenvalue weighted by molar-refractivity contribution is 0.477. The third-order valence-corrected chi connectivity index (χ3v) is 4.64. The number of benzene rings is 2. The zero-order valence-corrected chi connectivity index (χ0v) is 12.4. The molecule has 1 aliphatic carbocycles. The van der Waals surface area contributed by atoms with E-state index in [4.69, 9.17) is 5.73 Å². The highest BCUT2D eigenvalue weighted by molar-refractivity contribution is 5.47. The second kappa shape index (κ2) is 5.06. The van der Waals surface area contributed by atoms with E-state index < -0.39 is 0 Å². The van der Waals surface area contributed by atoms with Crippen molar-refractivity contribution in [3.63, 3.8) is 0 Å². The van der Waals surface area contributed by atoms with Gasteiger partial charge in [0.25, 0.3) is 0 Å². The van der Waals surface area contributed by atoms with Gasteiger partial charge in [-0.2, -0.15) is 0 Å². The van der Waals surface area contributed by atoms with Crippen LogP contribution in [0.2, 0.25) is 0 Å². The summed E-state index contributed by atoms with van der Waals surface area (Å²) in [7, 11) is 0. The molecule has 0 saturated carbocycles. The summed E-state index contributed by atoms with van der Waals surface area (Å²) in [5.41, 5.74) is 13.3. The summed E-state index contributed by atoms with van der Waals surface area (Å²) in [6.45, 7) is 4.33. The molecule has 1 unspecified atom stereocenters. The molecule has 1 heteroatoms. The lowest BCUT2D eigenvalue weighted by atomic mass is 9.77. The molecule has 0 spiro atoms. The molecule has 0 fully saturated rings. The second-order valence-electron chi connectivity index (χ2n) is 6.15. The van der Waals surface area contributed by atoms with E-state index in [-0.39, 0.29) is 5.54 Å². The fraction of sp³-hybridized carbons (Fsp3) is 0.368. The Morgan fingerprint density at radius 1 is 0.950 bits per heavy atom. The molecule has 0 amide bonds. The topological polar surface area (TPSA) is 26.0 Å². The molecule has 0 bridgehead atoms. The molecule has 0 radical (unpaired) electrons. The first kappa shape index (κ1) is 13.4. The van der Waals surface area contributed by atoms with E-state index in [2.05, 4.69) is 56.3 Å². The van der Waals surface area contributed by atoms with E-state index in [1.165, 1.54) is 40.7 Å². The first-order valence-corrected chi connectivity index (χ1v) is 7.56. The third kappa shape index (κ3) is 2.16. The van der Waals surface area contributed by atoms with Gasteiger partial charge in [-0.15, -0.1) is 0 Å². The molecular weight excluding hydrogens is 242 g/mol. The quantitative estimate of drug-likeness (QED) is 0.767. The van der Waals surface area contributed by atoms with Gasteiger partial charge in [-0.1, -0.05) is 54.4 Å². The van der Waals surface area contributed by atoms with Crippen LogP contribution in [-0.4, -0.2) is 0 Å². The highest BCUT2D eigenvalue weighted by atomic mass is 14.8. The summed E-state index contributed by atoms with van der Waals surface area (Å²) in [5.74, 6) is 0. The maximum Gasteiger partial charge on any atom is 0.0670 e. The monoisotopic (exact) mass is 265 g/mol. The van der Waals surface area contributed by atoms with Gasteiger partial charge in [0, 0.05) is 0 Å². The Kier molecular flexibility index (Phi) is 3.39. The van der Waals surface area contributed by atoms with Crippen LogP contribution in [0.1, 0.15) is 47.1 Å². The zero-order chi connectivity index (χ0) is 14.2. The molecule has 1 atom stereocenters. The van der Waals surface area contributed by atoms with Crippen LogP contribution < -0.4 is 5.73 Å². The predicted molar refractivity (Wildman–Crippen MR) is 84.9 cm³/mol. The summed E-state index contributed by atoms with van der Waals surface area (Å²) in [5, 5.41) is 0. The van der Waals surface area contributed by atoms with Crippen LogP contribution in [0.15, 0.2) is 42.5 Å². The minimum absolute atomic E-state index is 0.330. The van der Waals surface area contributed by atoms with Crippen molar-refractivity contribution in [1.82, 2.24) is 0 Å². The van der Waals surface area contributed by atoms with Gasteiger partial charge in [0.15, 0.2) is 0 Å². The van der Waals surface area contributed by atoms with Crippen LogP contribution in [0.4, 0.5) is 0 Å².